The van der Waals surface area contributed by atoms with Gasteiger partial charge in [-0.15, -0.1) is 11.3 Å². The molecule has 7 heteroatoms. The zero-order chi connectivity index (χ0) is 13.8. The van der Waals surface area contributed by atoms with E-state index in [9.17, 15) is 19.8 Å². The molecule has 2 rings (SSSR count). The number of aromatic nitrogens is 1. The van der Waals surface area contributed by atoms with Gasteiger partial charge in [-0.2, -0.15) is 0 Å². The quantitative estimate of drug-likeness (QED) is 0.651. The van der Waals surface area contributed by atoms with Gasteiger partial charge in [0.15, 0.2) is 11.8 Å². The minimum Gasteiger partial charge on any atom is -0.494 e. The average Bonchev–Trinajstić information content (AvgIpc) is 2.94. The van der Waals surface area contributed by atoms with Crippen LogP contribution in [0.2, 0.25) is 0 Å². The fourth-order valence-electron chi connectivity index (χ4n) is 1.49. The van der Waals surface area contributed by atoms with Gasteiger partial charge in [0.1, 0.15) is 6.54 Å². The van der Waals surface area contributed by atoms with Crippen molar-refractivity contribution in [2.75, 3.05) is 0 Å². The largest absolute Gasteiger partial charge is 0.494 e. The van der Waals surface area contributed by atoms with Crippen LogP contribution in [0.25, 0.3) is 0 Å². The van der Waals surface area contributed by atoms with Gasteiger partial charge in [-0.3, -0.25) is 9.36 Å². The molecule has 2 aromatic heterocycles. The van der Waals surface area contributed by atoms with E-state index in [1.807, 2.05) is 5.38 Å². The number of ether oxygens (including phenoxy) is 1. The maximum absolute atomic E-state index is 11.5. The molecule has 0 aromatic carbocycles. The molecule has 0 bridgehead atoms. The molecule has 2 aromatic rings. The Morgan fingerprint density at radius 2 is 1.84 bits per heavy atom. The van der Waals surface area contributed by atoms with Crippen LogP contribution in [0.5, 0.6) is 11.8 Å². The number of thiophene rings is 1. The minimum atomic E-state index is -0.844. The third-order valence-corrected chi connectivity index (χ3v) is 3.22. The fraction of sp³-hybridized carbons (Fsp3) is 0.167. The normalized spacial score (nSPS) is 10.3. The van der Waals surface area contributed by atoms with Crippen LogP contribution < -0.4 is 0 Å². The molecule has 0 saturated heterocycles. The predicted molar refractivity (Wildman–Crippen MR) is 66.9 cm³/mol. The van der Waals surface area contributed by atoms with Gasteiger partial charge < -0.3 is 14.9 Å². The van der Waals surface area contributed by atoms with Crippen LogP contribution in [-0.2, 0) is 27.3 Å². The molecule has 0 fully saturated rings. The molecule has 0 aliphatic rings. The molecule has 0 radical (unpaired) electrons. The highest BCUT2D eigenvalue weighted by atomic mass is 32.1. The van der Waals surface area contributed by atoms with Gasteiger partial charge in [0, 0.05) is 17.0 Å². The van der Waals surface area contributed by atoms with Crippen molar-refractivity contribution in [2.24, 2.45) is 0 Å². The summed E-state index contributed by atoms with van der Waals surface area (Å²) in [5.74, 6) is -2.07. The smallest absolute Gasteiger partial charge is 0.333 e. The van der Waals surface area contributed by atoms with Crippen LogP contribution >= 0.6 is 11.3 Å². The third kappa shape index (κ3) is 3.35. The number of nitrogens with zero attached hydrogens (tertiary/aromatic N) is 1. The van der Waals surface area contributed by atoms with Gasteiger partial charge in [-0.1, -0.05) is 6.07 Å². The van der Waals surface area contributed by atoms with Crippen molar-refractivity contribution in [1.82, 2.24) is 4.57 Å². The number of hydrogen-bond donors (Lipinski definition) is 2. The first-order valence-electron chi connectivity index (χ1n) is 5.39. The van der Waals surface area contributed by atoms with E-state index in [1.165, 1.54) is 23.5 Å². The first kappa shape index (κ1) is 13.2. The van der Waals surface area contributed by atoms with Crippen molar-refractivity contribution >= 4 is 23.3 Å². The molecular formula is C12H11NO5S. The van der Waals surface area contributed by atoms with E-state index < -0.39 is 18.5 Å². The maximum Gasteiger partial charge on any atom is 0.333 e. The second-order valence-corrected chi connectivity index (χ2v) is 4.77. The summed E-state index contributed by atoms with van der Waals surface area (Å²) in [6.45, 7) is -0.430. The molecule has 0 aliphatic heterocycles. The van der Waals surface area contributed by atoms with Crippen molar-refractivity contribution in [1.29, 1.82) is 0 Å². The number of carbonyl (C=O) groups is 2. The Morgan fingerprint density at radius 3 is 2.42 bits per heavy atom. The number of aromatic hydroxyl groups is 2. The lowest BCUT2D eigenvalue weighted by atomic mass is 10.3. The van der Waals surface area contributed by atoms with Gasteiger partial charge >= 0.3 is 11.9 Å². The Kier molecular flexibility index (Phi) is 3.86. The van der Waals surface area contributed by atoms with Gasteiger partial charge in [-0.25, -0.2) is 4.79 Å². The molecule has 0 unspecified atom stereocenters. The Balaban J connectivity index is 1.89. The van der Waals surface area contributed by atoms with Crippen LogP contribution in [0.4, 0.5) is 0 Å². The van der Waals surface area contributed by atoms with Crippen molar-refractivity contribution in [3.8, 4) is 11.8 Å². The van der Waals surface area contributed by atoms with E-state index in [0.29, 0.717) is 0 Å². The summed E-state index contributed by atoms with van der Waals surface area (Å²) in [5.41, 5.74) is 0. The monoisotopic (exact) mass is 281 g/mol. The van der Waals surface area contributed by atoms with E-state index in [1.54, 1.807) is 12.1 Å². The first-order chi connectivity index (χ1) is 9.06. The summed E-state index contributed by atoms with van der Waals surface area (Å²) < 4.78 is 5.52. The molecule has 0 atom stereocenters. The van der Waals surface area contributed by atoms with Crippen LogP contribution in [0.3, 0.4) is 0 Å². The first-order valence-corrected chi connectivity index (χ1v) is 6.27. The second kappa shape index (κ2) is 5.57. The Hall–Kier alpha value is -2.28. The van der Waals surface area contributed by atoms with Gasteiger partial charge in [-0.05, 0) is 11.4 Å². The highest BCUT2D eigenvalue weighted by molar-refractivity contribution is 7.10. The summed E-state index contributed by atoms with van der Waals surface area (Å²) >= 11 is 1.39. The summed E-state index contributed by atoms with van der Waals surface area (Å²) in [6.07, 6.45) is 0.0209. The van der Waals surface area contributed by atoms with Gasteiger partial charge in [0.05, 0.1) is 6.42 Å². The summed E-state index contributed by atoms with van der Waals surface area (Å²) in [7, 11) is 0. The second-order valence-electron chi connectivity index (χ2n) is 3.74. The molecular weight excluding hydrogens is 270 g/mol. The summed E-state index contributed by atoms with van der Waals surface area (Å²) in [6, 6.07) is 6.02. The number of esters is 2. The molecule has 100 valence electrons. The Morgan fingerprint density at radius 1 is 1.16 bits per heavy atom. The van der Waals surface area contributed by atoms with Crippen LogP contribution in [0.15, 0.2) is 29.6 Å². The zero-order valence-electron chi connectivity index (χ0n) is 9.78. The molecule has 2 heterocycles. The molecule has 0 aliphatic carbocycles. The van der Waals surface area contributed by atoms with Crippen LogP contribution in [0.1, 0.15) is 4.88 Å². The molecule has 0 saturated carbocycles. The fourth-order valence-corrected chi connectivity index (χ4v) is 2.18. The minimum absolute atomic E-state index is 0.0209. The molecule has 19 heavy (non-hydrogen) atoms. The molecule has 2 N–H and O–H groups in total. The lowest BCUT2D eigenvalue weighted by Crippen LogP contribution is -2.18. The predicted octanol–water partition coefficient (Wildman–Crippen LogP) is 1.27. The van der Waals surface area contributed by atoms with E-state index >= 15 is 0 Å². The standard InChI is InChI=1S/C12H11NO5S/c14-9-3-4-10(15)13(9)7-12(17)18-11(16)6-8-2-1-5-19-8/h1-5,14-15H,6-7H2. The van der Waals surface area contributed by atoms with E-state index in [2.05, 4.69) is 4.74 Å². The number of hydrogen-bond acceptors (Lipinski definition) is 6. The SMILES string of the molecule is O=C(Cc1cccs1)OC(=O)Cn1c(O)ccc1O. The molecule has 6 nitrogen and oxygen atoms in total. The van der Waals surface area contributed by atoms with Crippen molar-refractivity contribution in [3.05, 3.63) is 34.5 Å². The lowest BCUT2D eigenvalue weighted by Gasteiger charge is -2.06. The summed E-state index contributed by atoms with van der Waals surface area (Å²) in [4.78, 5) is 23.7. The Bertz CT molecular complexity index is 568. The number of carbonyl (C=O) groups excluding carboxylic acids is 2. The van der Waals surface area contributed by atoms with Crippen LogP contribution in [0, 0.1) is 0 Å². The van der Waals surface area contributed by atoms with Gasteiger partial charge in [0.2, 0.25) is 0 Å². The topological polar surface area (TPSA) is 88.8 Å². The zero-order valence-corrected chi connectivity index (χ0v) is 10.6. The average molecular weight is 281 g/mol. The van der Waals surface area contributed by atoms with Crippen LogP contribution in [-0.4, -0.2) is 26.7 Å². The number of rotatable bonds is 4. The highest BCUT2D eigenvalue weighted by Crippen LogP contribution is 2.20. The van der Waals surface area contributed by atoms with E-state index in [-0.39, 0.29) is 18.2 Å². The summed E-state index contributed by atoms with van der Waals surface area (Å²) in [5, 5.41) is 20.5. The molecule has 0 spiro atoms. The van der Waals surface area contributed by atoms with E-state index in [4.69, 9.17) is 0 Å². The molecule has 0 amide bonds. The highest BCUT2D eigenvalue weighted by Gasteiger charge is 2.15. The van der Waals surface area contributed by atoms with Gasteiger partial charge in [0.25, 0.3) is 0 Å². The van der Waals surface area contributed by atoms with Crippen molar-refractivity contribution < 1.29 is 24.5 Å². The maximum atomic E-state index is 11.5. The van der Waals surface area contributed by atoms with Crippen molar-refractivity contribution in [3.63, 3.8) is 0 Å². The Labute approximate surface area is 112 Å². The third-order valence-electron chi connectivity index (χ3n) is 2.35. The van der Waals surface area contributed by atoms with Crippen molar-refractivity contribution in [2.45, 2.75) is 13.0 Å². The van der Waals surface area contributed by atoms with E-state index in [0.717, 1.165) is 9.44 Å². The lowest BCUT2D eigenvalue weighted by molar-refractivity contribution is -0.159.